The fourth-order valence-electron chi connectivity index (χ4n) is 2.65. The van der Waals surface area contributed by atoms with Crippen LogP contribution in [0.25, 0.3) is 10.9 Å². The topological polar surface area (TPSA) is 140 Å². The summed E-state index contributed by atoms with van der Waals surface area (Å²) in [6, 6.07) is 1.65. The quantitative estimate of drug-likeness (QED) is 0.667. The van der Waals surface area contributed by atoms with Crippen LogP contribution in [-0.4, -0.2) is 44.2 Å². The van der Waals surface area contributed by atoms with Gasteiger partial charge in [-0.25, -0.2) is 0 Å². The molecule has 2 unspecified atom stereocenters. The smallest absolute Gasteiger partial charge is 0.322 e. The summed E-state index contributed by atoms with van der Waals surface area (Å²) in [5, 5.41) is 15.8. The number of amides is 2. The number of carboxylic acids is 1. The number of fused-ring (bicyclic) bond motifs is 1. The van der Waals surface area contributed by atoms with Gasteiger partial charge in [0, 0.05) is 18.0 Å². The summed E-state index contributed by atoms with van der Waals surface area (Å²) in [6.45, 7) is -0.392. The van der Waals surface area contributed by atoms with E-state index in [0.717, 1.165) is 6.42 Å². The highest BCUT2D eigenvalue weighted by Gasteiger charge is 2.42. The van der Waals surface area contributed by atoms with Gasteiger partial charge in [-0.05, 0) is 18.4 Å². The summed E-state index contributed by atoms with van der Waals surface area (Å²) in [4.78, 5) is 37.6. The second kappa shape index (κ2) is 5.67. The minimum Gasteiger partial charge on any atom is -0.480 e. The highest BCUT2D eigenvalue weighted by atomic mass is 16.4. The van der Waals surface area contributed by atoms with E-state index >= 15 is 0 Å². The first kappa shape index (κ1) is 14.9. The molecule has 2 atom stereocenters. The lowest BCUT2D eigenvalue weighted by Crippen LogP contribution is -2.29. The maximum Gasteiger partial charge on any atom is 0.322 e. The van der Waals surface area contributed by atoms with Gasteiger partial charge < -0.3 is 16.2 Å². The number of hydrogen-bond donors (Lipinski definition) is 3. The van der Waals surface area contributed by atoms with Crippen molar-refractivity contribution >= 4 is 28.7 Å². The van der Waals surface area contributed by atoms with Gasteiger partial charge in [-0.3, -0.25) is 24.0 Å². The van der Waals surface area contributed by atoms with E-state index in [9.17, 15) is 14.4 Å². The van der Waals surface area contributed by atoms with Crippen molar-refractivity contribution in [2.75, 3.05) is 6.54 Å². The first-order valence-electron chi connectivity index (χ1n) is 7.08. The fraction of sp³-hybridized carbons (Fsp3) is 0.357. The predicted octanol–water partition coefficient (Wildman–Crippen LogP) is -0.318. The molecule has 0 aromatic carbocycles. The fourth-order valence-corrected chi connectivity index (χ4v) is 2.65. The Labute approximate surface area is 130 Å². The number of nitrogens with zero attached hydrogens (tertiary/aromatic N) is 3. The van der Waals surface area contributed by atoms with Crippen LogP contribution in [0.4, 0.5) is 0 Å². The van der Waals surface area contributed by atoms with Gasteiger partial charge in [0.2, 0.25) is 5.91 Å². The Morgan fingerprint density at radius 3 is 2.91 bits per heavy atom. The molecule has 120 valence electrons. The van der Waals surface area contributed by atoms with E-state index in [0.29, 0.717) is 10.9 Å². The molecule has 9 nitrogen and oxygen atoms in total. The van der Waals surface area contributed by atoms with Crippen molar-refractivity contribution in [2.24, 2.45) is 11.7 Å². The molecule has 0 bridgehead atoms. The number of carbonyl (C=O) groups is 3. The van der Waals surface area contributed by atoms with Crippen molar-refractivity contribution in [3.05, 3.63) is 24.2 Å². The maximum atomic E-state index is 11.7. The first-order chi connectivity index (χ1) is 11.0. The molecule has 2 aromatic heterocycles. The molecule has 0 radical (unpaired) electrons. The summed E-state index contributed by atoms with van der Waals surface area (Å²) in [6.07, 6.45) is 4.11. The second-order valence-corrected chi connectivity index (χ2v) is 5.49. The second-order valence-electron chi connectivity index (χ2n) is 5.49. The highest BCUT2D eigenvalue weighted by molar-refractivity contribution is 6.03. The molecule has 1 aliphatic carbocycles. The molecule has 3 rings (SSSR count). The van der Waals surface area contributed by atoms with Crippen LogP contribution in [0.1, 0.15) is 29.4 Å². The van der Waals surface area contributed by atoms with Crippen LogP contribution >= 0.6 is 0 Å². The molecule has 0 saturated heterocycles. The Hall–Kier alpha value is -2.97. The average molecular weight is 317 g/mol. The standard InChI is InChI=1S/C14H15N5O4/c15-14(23)13-8-1-2-16-5-10(8)19(18-13)9-3-7(9)4-11(20)17-6-12(21)22/h1-2,5,7,9H,3-4,6H2,(H2,15,23)(H,17,20)(H,21,22). The molecule has 2 amide bonds. The summed E-state index contributed by atoms with van der Waals surface area (Å²) in [7, 11) is 0. The Morgan fingerprint density at radius 1 is 1.43 bits per heavy atom. The number of nitrogens with one attached hydrogen (secondary N) is 1. The molecule has 0 spiro atoms. The number of aliphatic carboxylic acids is 1. The molecule has 2 aromatic rings. The van der Waals surface area contributed by atoms with Gasteiger partial charge in [0.15, 0.2) is 5.69 Å². The van der Waals surface area contributed by atoms with Crippen LogP contribution < -0.4 is 11.1 Å². The minimum atomic E-state index is -1.08. The predicted molar refractivity (Wildman–Crippen MR) is 78.5 cm³/mol. The minimum absolute atomic E-state index is 0.0228. The van der Waals surface area contributed by atoms with Gasteiger partial charge in [-0.2, -0.15) is 5.10 Å². The maximum absolute atomic E-state index is 11.7. The van der Waals surface area contributed by atoms with Gasteiger partial charge in [0.05, 0.1) is 17.8 Å². The number of primary amides is 1. The highest BCUT2D eigenvalue weighted by Crippen LogP contribution is 2.46. The van der Waals surface area contributed by atoms with Gasteiger partial charge in [-0.15, -0.1) is 0 Å². The number of carbonyl (C=O) groups excluding carboxylic acids is 2. The summed E-state index contributed by atoms with van der Waals surface area (Å²) < 4.78 is 1.68. The van der Waals surface area contributed by atoms with Crippen molar-refractivity contribution in [1.29, 1.82) is 0 Å². The zero-order valence-electron chi connectivity index (χ0n) is 12.1. The largest absolute Gasteiger partial charge is 0.480 e. The van der Waals surface area contributed by atoms with Crippen molar-refractivity contribution < 1.29 is 19.5 Å². The van der Waals surface area contributed by atoms with Crippen LogP contribution in [0, 0.1) is 5.92 Å². The summed E-state index contributed by atoms with van der Waals surface area (Å²) >= 11 is 0. The van der Waals surface area contributed by atoms with E-state index in [2.05, 4.69) is 15.4 Å². The molecule has 1 fully saturated rings. The van der Waals surface area contributed by atoms with E-state index in [1.165, 1.54) is 0 Å². The van der Waals surface area contributed by atoms with E-state index in [4.69, 9.17) is 10.8 Å². The Balaban J connectivity index is 1.74. The molecular weight excluding hydrogens is 302 g/mol. The van der Waals surface area contributed by atoms with Crippen LogP contribution in [-0.2, 0) is 9.59 Å². The summed E-state index contributed by atoms with van der Waals surface area (Å²) in [5.74, 6) is -1.96. The zero-order valence-corrected chi connectivity index (χ0v) is 12.1. The number of rotatable bonds is 6. The molecule has 1 saturated carbocycles. The van der Waals surface area contributed by atoms with Crippen LogP contribution in [0.2, 0.25) is 0 Å². The number of carboxylic acid groups (broad SMARTS) is 1. The van der Waals surface area contributed by atoms with Crippen LogP contribution in [0.15, 0.2) is 18.5 Å². The lowest BCUT2D eigenvalue weighted by molar-refractivity contribution is -0.138. The lowest BCUT2D eigenvalue weighted by Gasteiger charge is -2.03. The van der Waals surface area contributed by atoms with E-state index < -0.39 is 18.4 Å². The van der Waals surface area contributed by atoms with Crippen molar-refractivity contribution in [3.63, 3.8) is 0 Å². The van der Waals surface area contributed by atoms with Crippen LogP contribution in [0.5, 0.6) is 0 Å². The lowest BCUT2D eigenvalue weighted by atomic mass is 10.2. The molecule has 9 heteroatoms. The number of aromatic nitrogens is 3. The third-order valence-corrected chi connectivity index (χ3v) is 3.83. The van der Waals surface area contributed by atoms with Crippen molar-refractivity contribution in [3.8, 4) is 0 Å². The number of nitrogens with two attached hydrogens (primary N) is 1. The SMILES string of the molecule is NC(=O)c1nn(C2CC2CC(=O)NCC(=O)O)c2cnccc12. The van der Waals surface area contributed by atoms with Crippen molar-refractivity contribution in [2.45, 2.75) is 18.9 Å². The Morgan fingerprint density at radius 2 is 2.22 bits per heavy atom. The third-order valence-electron chi connectivity index (χ3n) is 3.83. The summed E-state index contributed by atoms with van der Waals surface area (Å²) in [5.41, 5.74) is 6.22. The zero-order chi connectivity index (χ0) is 16.6. The average Bonchev–Trinajstić information content (AvgIpc) is 3.14. The van der Waals surface area contributed by atoms with Gasteiger partial charge in [-0.1, -0.05) is 0 Å². The third kappa shape index (κ3) is 2.98. The molecule has 0 aliphatic heterocycles. The molecule has 4 N–H and O–H groups in total. The van der Waals surface area contributed by atoms with Crippen LogP contribution in [0.3, 0.4) is 0 Å². The van der Waals surface area contributed by atoms with Gasteiger partial charge in [0.1, 0.15) is 6.54 Å². The number of pyridine rings is 1. The Kier molecular flexibility index (Phi) is 3.68. The molecular formula is C14H15N5O4. The number of hydrogen-bond acceptors (Lipinski definition) is 5. The molecule has 23 heavy (non-hydrogen) atoms. The first-order valence-corrected chi connectivity index (χ1v) is 7.08. The molecule has 2 heterocycles. The monoisotopic (exact) mass is 317 g/mol. The molecule has 1 aliphatic rings. The van der Waals surface area contributed by atoms with E-state index in [-0.39, 0.29) is 30.0 Å². The Bertz CT molecular complexity index is 800. The van der Waals surface area contributed by atoms with Crippen molar-refractivity contribution in [1.82, 2.24) is 20.1 Å². The van der Waals surface area contributed by atoms with E-state index in [1.54, 1.807) is 23.1 Å². The normalized spacial score (nSPS) is 19.5. The van der Waals surface area contributed by atoms with E-state index in [1.807, 2.05) is 0 Å². The van der Waals surface area contributed by atoms with Gasteiger partial charge in [0.25, 0.3) is 5.91 Å². The van der Waals surface area contributed by atoms with Gasteiger partial charge >= 0.3 is 5.97 Å².